The van der Waals surface area contributed by atoms with E-state index in [2.05, 4.69) is 0 Å². The molecule has 158 valence electrons. The van der Waals surface area contributed by atoms with E-state index in [1.54, 1.807) is 48.5 Å². The van der Waals surface area contributed by atoms with Crippen LogP contribution in [-0.4, -0.2) is 22.1 Å². The van der Waals surface area contributed by atoms with Gasteiger partial charge in [0.15, 0.2) is 5.78 Å². The maximum absolute atomic E-state index is 13.3. The molecule has 0 fully saturated rings. The van der Waals surface area contributed by atoms with Crippen molar-refractivity contribution in [2.24, 2.45) is 0 Å². The number of hydrogen-bond donors (Lipinski definition) is 1. The molecule has 0 radical (unpaired) electrons. The molecule has 1 N–H and O–H groups in total. The third-order valence-electron chi connectivity index (χ3n) is 4.88. The first kappa shape index (κ1) is 22.1. The number of pyridine rings is 1. The van der Waals surface area contributed by atoms with Gasteiger partial charge >= 0.3 is 0 Å². The summed E-state index contributed by atoms with van der Waals surface area (Å²) < 4.78 is 6.58. The lowest BCUT2D eigenvalue weighted by Gasteiger charge is -2.16. The summed E-state index contributed by atoms with van der Waals surface area (Å²) in [6.07, 6.45) is 0.816. The third kappa shape index (κ3) is 4.47. The van der Waals surface area contributed by atoms with Crippen molar-refractivity contribution in [3.63, 3.8) is 0 Å². The third-order valence-corrected chi connectivity index (χ3v) is 5.25. The highest BCUT2D eigenvalue weighted by molar-refractivity contribution is 6.31. The molecule has 1 heterocycles. The monoisotopic (exact) mass is 436 g/mol. The number of ether oxygens (including phenoxy) is 1. The van der Waals surface area contributed by atoms with E-state index in [1.165, 1.54) is 6.92 Å². The summed E-state index contributed by atoms with van der Waals surface area (Å²) >= 11 is 6.20. The Balaban J connectivity index is 2.15. The van der Waals surface area contributed by atoms with E-state index in [4.69, 9.17) is 16.3 Å². The van der Waals surface area contributed by atoms with E-state index in [0.717, 1.165) is 11.0 Å². The quantitative estimate of drug-likeness (QED) is 0.552. The first-order valence-corrected chi connectivity index (χ1v) is 10.1. The number of carbonyl (C=O) groups is 1. The molecule has 0 amide bonds. The molecular formula is C24H21ClN2O4. The van der Waals surface area contributed by atoms with Crippen molar-refractivity contribution in [3.05, 3.63) is 91.7 Å². The Kier molecular flexibility index (Phi) is 6.78. The number of hydrogen-bond acceptors (Lipinski definition) is 5. The van der Waals surface area contributed by atoms with E-state index >= 15 is 0 Å². The summed E-state index contributed by atoms with van der Waals surface area (Å²) in [4.78, 5) is 26.1. The minimum absolute atomic E-state index is 0.0841. The van der Waals surface area contributed by atoms with Crippen molar-refractivity contribution in [3.8, 4) is 17.7 Å². The number of aromatic hydroxyl groups is 1. The molecule has 0 bridgehead atoms. The van der Waals surface area contributed by atoms with Crippen molar-refractivity contribution in [2.75, 3.05) is 6.61 Å². The first-order chi connectivity index (χ1) is 14.9. The zero-order valence-corrected chi connectivity index (χ0v) is 17.9. The Labute approximate surface area is 184 Å². The molecule has 0 aliphatic heterocycles. The van der Waals surface area contributed by atoms with Gasteiger partial charge in [0.05, 0.1) is 18.7 Å². The molecular weight excluding hydrogens is 416 g/mol. The molecule has 31 heavy (non-hydrogen) atoms. The van der Waals surface area contributed by atoms with E-state index in [0.29, 0.717) is 22.9 Å². The number of ketones is 1. The minimum atomic E-state index is -0.686. The SMILES string of the molecule is CCCOc1cccc(C(=O)c2c(C)c(C#N)c(=O)n(Cc3ccccc3Cl)c2O)c1. The molecule has 0 saturated heterocycles. The number of halogens is 1. The van der Waals surface area contributed by atoms with Gasteiger partial charge in [0.25, 0.3) is 5.56 Å². The second kappa shape index (κ2) is 9.50. The van der Waals surface area contributed by atoms with Gasteiger partial charge in [0.1, 0.15) is 17.4 Å². The Hall–Kier alpha value is -3.56. The summed E-state index contributed by atoms with van der Waals surface area (Å²) in [5, 5.41) is 20.9. The van der Waals surface area contributed by atoms with Crippen LogP contribution in [0.15, 0.2) is 53.3 Å². The fourth-order valence-electron chi connectivity index (χ4n) is 3.26. The number of carbonyl (C=O) groups excluding carboxylic acids is 1. The average molecular weight is 437 g/mol. The van der Waals surface area contributed by atoms with E-state index in [9.17, 15) is 20.0 Å². The molecule has 0 spiro atoms. The summed E-state index contributed by atoms with van der Waals surface area (Å²) in [5.41, 5.74) is -0.0109. The lowest BCUT2D eigenvalue weighted by molar-refractivity contribution is 0.103. The molecule has 0 saturated carbocycles. The highest BCUT2D eigenvalue weighted by Crippen LogP contribution is 2.27. The van der Waals surface area contributed by atoms with Gasteiger partial charge in [-0.05, 0) is 42.7 Å². The van der Waals surface area contributed by atoms with E-state index < -0.39 is 17.2 Å². The number of nitriles is 1. The standard InChI is InChI=1S/C24H21ClN2O4/c1-3-11-31-18-9-6-8-16(12-18)22(28)21-15(2)19(13-26)23(29)27(24(21)30)14-17-7-4-5-10-20(17)25/h4-10,12,30H,3,11,14H2,1-2H3. The molecule has 6 nitrogen and oxygen atoms in total. The second-order valence-corrected chi connectivity index (χ2v) is 7.41. The Morgan fingerprint density at radius 1 is 1.23 bits per heavy atom. The van der Waals surface area contributed by atoms with Crippen LogP contribution in [0.1, 0.15) is 46.0 Å². The molecule has 0 aliphatic carbocycles. The molecule has 1 aromatic heterocycles. The van der Waals surface area contributed by atoms with Crippen LogP contribution in [0.3, 0.4) is 0 Å². The lowest BCUT2D eigenvalue weighted by Crippen LogP contribution is -2.27. The number of benzene rings is 2. The van der Waals surface area contributed by atoms with Crippen LogP contribution >= 0.6 is 11.6 Å². The molecule has 0 atom stereocenters. The molecule has 0 aliphatic rings. The van der Waals surface area contributed by atoms with Crippen LogP contribution in [0.4, 0.5) is 0 Å². The Morgan fingerprint density at radius 2 is 1.97 bits per heavy atom. The predicted molar refractivity (Wildman–Crippen MR) is 118 cm³/mol. The van der Waals surface area contributed by atoms with Crippen LogP contribution in [0.25, 0.3) is 0 Å². The van der Waals surface area contributed by atoms with Crippen molar-refractivity contribution in [2.45, 2.75) is 26.8 Å². The zero-order chi connectivity index (χ0) is 22.5. The Bertz CT molecular complexity index is 1240. The van der Waals surface area contributed by atoms with Crippen LogP contribution in [0, 0.1) is 18.3 Å². The van der Waals surface area contributed by atoms with Gasteiger partial charge in [-0.2, -0.15) is 5.26 Å². The van der Waals surface area contributed by atoms with Crippen LogP contribution < -0.4 is 10.3 Å². The van der Waals surface area contributed by atoms with Crippen molar-refractivity contribution in [1.29, 1.82) is 5.26 Å². The number of rotatable bonds is 7. The van der Waals surface area contributed by atoms with Crippen LogP contribution in [0.5, 0.6) is 11.6 Å². The molecule has 3 rings (SSSR count). The predicted octanol–water partition coefficient (Wildman–Crippen LogP) is 4.46. The minimum Gasteiger partial charge on any atom is -0.494 e. The highest BCUT2D eigenvalue weighted by atomic mass is 35.5. The average Bonchev–Trinajstić information content (AvgIpc) is 2.77. The second-order valence-electron chi connectivity index (χ2n) is 7.00. The highest BCUT2D eigenvalue weighted by Gasteiger charge is 2.25. The molecule has 3 aromatic rings. The molecule has 0 unspecified atom stereocenters. The van der Waals surface area contributed by atoms with Crippen molar-refractivity contribution >= 4 is 17.4 Å². The normalized spacial score (nSPS) is 10.5. The van der Waals surface area contributed by atoms with Gasteiger partial charge in [0, 0.05) is 10.6 Å². The maximum Gasteiger partial charge on any atom is 0.271 e. The summed E-state index contributed by atoms with van der Waals surface area (Å²) in [6, 6.07) is 15.3. The van der Waals surface area contributed by atoms with Gasteiger partial charge in [-0.1, -0.05) is 48.9 Å². The lowest BCUT2D eigenvalue weighted by atomic mass is 9.97. The smallest absolute Gasteiger partial charge is 0.271 e. The van der Waals surface area contributed by atoms with Crippen molar-refractivity contribution in [1.82, 2.24) is 4.57 Å². The van der Waals surface area contributed by atoms with Gasteiger partial charge < -0.3 is 9.84 Å². The van der Waals surface area contributed by atoms with E-state index in [1.807, 2.05) is 13.0 Å². The zero-order valence-electron chi connectivity index (χ0n) is 17.2. The number of nitrogens with zero attached hydrogens (tertiary/aromatic N) is 2. The van der Waals surface area contributed by atoms with Crippen LogP contribution in [0.2, 0.25) is 5.02 Å². The van der Waals surface area contributed by atoms with Crippen molar-refractivity contribution < 1.29 is 14.6 Å². The Morgan fingerprint density at radius 3 is 2.65 bits per heavy atom. The summed E-state index contributed by atoms with van der Waals surface area (Å²) in [5.74, 6) is -0.498. The topological polar surface area (TPSA) is 92.3 Å². The molecule has 7 heteroatoms. The maximum atomic E-state index is 13.3. The largest absolute Gasteiger partial charge is 0.494 e. The number of aromatic nitrogens is 1. The first-order valence-electron chi connectivity index (χ1n) is 9.76. The van der Waals surface area contributed by atoms with Gasteiger partial charge in [-0.15, -0.1) is 0 Å². The van der Waals surface area contributed by atoms with E-state index in [-0.39, 0.29) is 28.8 Å². The van der Waals surface area contributed by atoms with Gasteiger partial charge in [0.2, 0.25) is 5.88 Å². The fourth-order valence-corrected chi connectivity index (χ4v) is 3.45. The molecule has 2 aromatic carbocycles. The van der Waals surface area contributed by atoms with Gasteiger partial charge in [-0.25, -0.2) is 0 Å². The van der Waals surface area contributed by atoms with Crippen LogP contribution in [-0.2, 0) is 6.54 Å². The van der Waals surface area contributed by atoms with Gasteiger partial charge in [-0.3, -0.25) is 14.2 Å². The summed E-state index contributed by atoms with van der Waals surface area (Å²) in [6.45, 7) is 3.87. The summed E-state index contributed by atoms with van der Waals surface area (Å²) in [7, 11) is 0. The fraction of sp³-hybridized carbons (Fsp3) is 0.208.